The predicted octanol–water partition coefficient (Wildman–Crippen LogP) is 3.48. The maximum absolute atomic E-state index is 5.99. The molecule has 0 saturated heterocycles. The number of aliphatic imine (C=N–C) groups is 1. The molecule has 0 radical (unpaired) electrons. The summed E-state index contributed by atoms with van der Waals surface area (Å²) in [4.78, 5) is 6.68. The highest BCUT2D eigenvalue weighted by Gasteiger charge is 2.26. The molecule has 0 aromatic heterocycles. The zero-order valence-corrected chi connectivity index (χ0v) is 14.7. The quantitative estimate of drug-likeness (QED) is 0.470. The second kappa shape index (κ2) is 8.23. The fourth-order valence-electron chi connectivity index (χ4n) is 2.51. The number of rotatable bonds is 4. The van der Waals surface area contributed by atoms with Crippen molar-refractivity contribution in [2.24, 2.45) is 22.1 Å². The Hall–Kier alpha value is 0. The van der Waals surface area contributed by atoms with Gasteiger partial charge in [0, 0.05) is 19.6 Å². The lowest BCUT2D eigenvalue weighted by Gasteiger charge is -2.33. The lowest BCUT2D eigenvalue weighted by Crippen LogP contribution is -2.37. The monoisotopic (exact) mass is 367 g/mol. The number of halogens is 1. The molecule has 0 unspecified atom stereocenters. The summed E-state index contributed by atoms with van der Waals surface area (Å²) in [7, 11) is 0. The molecule has 1 rings (SSSR count). The Balaban J connectivity index is 0.00000289. The maximum atomic E-state index is 5.99. The van der Waals surface area contributed by atoms with E-state index in [4.69, 9.17) is 5.73 Å². The number of guanidine groups is 1. The van der Waals surface area contributed by atoms with Gasteiger partial charge in [-0.05, 0) is 50.9 Å². The van der Waals surface area contributed by atoms with Crippen molar-refractivity contribution in [3.8, 4) is 0 Å². The van der Waals surface area contributed by atoms with Gasteiger partial charge in [0.05, 0.1) is 0 Å². The molecular formula is C14H30IN3. The summed E-state index contributed by atoms with van der Waals surface area (Å²) in [6.45, 7) is 11.8. The first kappa shape index (κ1) is 18.0. The average Bonchev–Trinajstić information content (AvgIpc) is 2.29. The second-order valence-corrected chi connectivity index (χ2v) is 5.98. The number of nitrogens with two attached hydrogens (primary N) is 1. The Morgan fingerprint density at radius 1 is 1.22 bits per heavy atom. The summed E-state index contributed by atoms with van der Waals surface area (Å²) < 4.78 is 0. The van der Waals surface area contributed by atoms with Crippen molar-refractivity contribution in [3.05, 3.63) is 0 Å². The molecule has 0 bridgehead atoms. The van der Waals surface area contributed by atoms with Crippen molar-refractivity contribution in [3.63, 3.8) is 0 Å². The average molecular weight is 367 g/mol. The molecule has 1 aliphatic carbocycles. The molecule has 0 aromatic rings. The zero-order chi connectivity index (χ0) is 12.9. The molecule has 0 spiro atoms. The van der Waals surface area contributed by atoms with E-state index in [1.54, 1.807) is 0 Å². The van der Waals surface area contributed by atoms with Crippen LogP contribution in [-0.2, 0) is 0 Å². The SMILES string of the molecule is CCN(CC)C(N)=NCC1CCC(C)(C)CC1.I. The van der Waals surface area contributed by atoms with Gasteiger partial charge in [-0.25, -0.2) is 0 Å². The molecule has 18 heavy (non-hydrogen) atoms. The van der Waals surface area contributed by atoms with E-state index in [1.165, 1.54) is 25.7 Å². The first-order valence-corrected chi connectivity index (χ1v) is 7.03. The lowest BCUT2D eigenvalue weighted by atomic mass is 9.73. The van der Waals surface area contributed by atoms with E-state index >= 15 is 0 Å². The van der Waals surface area contributed by atoms with E-state index < -0.39 is 0 Å². The van der Waals surface area contributed by atoms with Gasteiger partial charge in [0.1, 0.15) is 0 Å². The van der Waals surface area contributed by atoms with Crippen LogP contribution in [0.15, 0.2) is 4.99 Å². The van der Waals surface area contributed by atoms with Gasteiger partial charge in [0.2, 0.25) is 0 Å². The number of hydrogen-bond donors (Lipinski definition) is 1. The first-order valence-electron chi connectivity index (χ1n) is 7.03. The van der Waals surface area contributed by atoms with Crippen LogP contribution in [-0.4, -0.2) is 30.5 Å². The Bertz CT molecular complexity index is 250. The van der Waals surface area contributed by atoms with E-state index in [-0.39, 0.29) is 24.0 Å². The summed E-state index contributed by atoms with van der Waals surface area (Å²) in [5.41, 5.74) is 6.53. The van der Waals surface area contributed by atoms with Crippen LogP contribution in [0, 0.1) is 11.3 Å². The molecule has 2 N–H and O–H groups in total. The molecule has 1 aliphatic rings. The van der Waals surface area contributed by atoms with Gasteiger partial charge in [-0.3, -0.25) is 4.99 Å². The highest BCUT2D eigenvalue weighted by Crippen LogP contribution is 2.37. The van der Waals surface area contributed by atoms with Gasteiger partial charge in [-0.1, -0.05) is 13.8 Å². The van der Waals surface area contributed by atoms with E-state index in [0.717, 1.165) is 31.5 Å². The largest absolute Gasteiger partial charge is 0.370 e. The molecule has 0 aliphatic heterocycles. The van der Waals surface area contributed by atoms with Crippen LogP contribution in [0.1, 0.15) is 53.4 Å². The Morgan fingerprint density at radius 2 is 1.72 bits per heavy atom. The fraction of sp³-hybridized carbons (Fsp3) is 0.929. The maximum Gasteiger partial charge on any atom is 0.191 e. The molecule has 3 nitrogen and oxygen atoms in total. The van der Waals surface area contributed by atoms with Crippen LogP contribution in [0.4, 0.5) is 0 Å². The van der Waals surface area contributed by atoms with Gasteiger partial charge < -0.3 is 10.6 Å². The minimum absolute atomic E-state index is 0. The van der Waals surface area contributed by atoms with Crippen molar-refractivity contribution in [1.82, 2.24) is 4.90 Å². The van der Waals surface area contributed by atoms with Crippen LogP contribution < -0.4 is 5.73 Å². The Kier molecular flexibility index (Phi) is 8.23. The molecule has 0 aromatic carbocycles. The molecule has 0 atom stereocenters. The normalized spacial score (nSPS) is 20.3. The minimum Gasteiger partial charge on any atom is -0.370 e. The van der Waals surface area contributed by atoms with Crippen LogP contribution in [0.25, 0.3) is 0 Å². The molecule has 0 amide bonds. The van der Waals surface area contributed by atoms with Gasteiger partial charge in [-0.2, -0.15) is 0 Å². The summed E-state index contributed by atoms with van der Waals surface area (Å²) >= 11 is 0. The van der Waals surface area contributed by atoms with Crippen LogP contribution >= 0.6 is 24.0 Å². The van der Waals surface area contributed by atoms with Crippen LogP contribution in [0.3, 0.4) is 0 Å². The fourth-order valence-corrected chi connectivity index (χ4v) is 2.51. The molecular weight excluding hydrogens is 337 g/mol. The zero-order valence-electron chi connectivity index (χ0n) is 12.4. The van der Waals surface area contributed by atoms with Crippen molar-refractivity contribution in [2.75, 3.05) is 19.6 Å². The molecule has 4 heteroatoms. The van der Waals surface area contributed by atoms with Crippen molar-refractivity contribution >= 4 is 29.9 Å². The van der Waals surface area contributed by atoms with Crippen molar-refractivity contribution in [1.29, 1.82) is 0 Å². The third kappa shape index (κ3) is 5.76. The van der Waals surface area contributed by atoms with E-state index in [2.05, 4.69) is 37.6 Å². The summed E-state index contributed by atoms with van der Waals surface area (Å²) in [5.74, 6) is 1.47. The molecule has 1 saturated carbocycles. The molecule has 1 fully saturated rings. The third-order valence-electron chi connectivity index (χ3n) is 4.06. The molecule has 0 heterocycles. The summed E-state index contributed by atoms with van der Waals surface area (Å²) in [6, 6.07) is 0. The van der Waals surface area contributed by atoms with E-state index in [0.29, 0.717) is 5.41 Å². The minimum atomic E-state index is 0. The smallest absolute Gasteiger partial charge is 0.191 e. The van der Waals surface area contributed by atoms with E-state index in [1.807, 2.05) is 0 Å². The topological polar surface area (TPSA) is 41.6 Å². The summed E-state index contributed by atoms with van der Waals surface area (Å²) in [6.07, 6.45) is 5.28. The van der Waals surface area contributed by atoms with Gasteiger partial charge >= 0.3 is 0 Å². The number of hydrogen-bond acceptors (Lipinski definition) is 1. The lowest BCUT2D eigenvalue weighted by molar-refractivity contribution is 0.195. The highest BCUT2D eigenvalue weighted by atomic mass is 127. The van der Waals surface area contributed by atoms with Gasteiger partial charge in [0.15, 0.2) is 5.96 Å². The van der Waals surface area contributed by atoms with Crippen LogP contribution in [0.5, 0.6) is 0 Å². The Morgan fingerprint density at radius 3 is 2.17 bits per heavy atom. The van der Waals surface area contributed by atoms with Gasteiger partial charge in [0.25, 0.3) is 0 Å². The third-order valence-corrected chi connectivity index (χ3v) is 4.06. The van der Waals surface area contributed by atoms with E-state index in [9.17, 15) is 0 Å². The highest BCUT2D eigenvalue weighted by molar-refractivity contribution is 14.0. The predicted molar refractivity (Wildman–Crippen MR) is 90.6 cm³/mol. The summed E-state index contributed by atoms with van der Waals surface area (Å²) in [5, 5.41) is 0. The Labute approximate surface area is 130 Å². The van der Waals surface area contributed by atoms with Gasteiger partial charge in [-0.15, -0.1) is 24.0 Å². The van der Waals surface area contributed by atoms with Crippen LogP contribution in [0.2, 0.25) is 0 Å². The van der Waals surface area contributed by atoms with Crippen molar-refractivity contribution < 1.29 is 0 Å². The second-order valence-electron chi connectivity index (χ2n) is 5.98. The standard InChI is InChI=1S/C14H29N3.HI/c1-5-17(6-2)13(15)16-11-12-7-9-14(3,4)10-8-12;/h12H,5-11H2,1-4H3,(H2,15,16);1H. The molecule has 108 valence electrons. The first-order chi connectivity index (χ1) is 7.98. The number of nitrogens with zero attached hydrogens (tertiary/aromatic N) is 2. The van der Waals surface area contributed by atoms with Crippen molar-refractivity contribution in [2.45, 2.75) is 53.4 Å².